The molecule has 0 spiro atoms. The summed E-state index contributed by atoms with van der Waals surface area (Å²) in [4.78, 5) is 17.7. The van der Waals surface area contributed by atoms with E-state index in [-0.39, 0.29) is 24.2 Å². The Kier molecular flexibility index (Phi) is 9.03. The van der Waals surface area contributed by atoms with Crippen LogP contribution in [0.25, 0.3) is 0 Å². The van der Waals surface area contributed by atoms with E-state index in [0.717, 1.165) is 44.6 Å². The molecule has 1 amide bonds. The molecule has 3 aromatic carbocycles. The van der Waals surface area contributed by atoms with Crippen molar-refractivity contribution in [2.45, 2.75) is 56.8 Å². The molecule has 2 aliphatic heterocycles. The summed E-state index contributed by atoms with van der Waals surface area (Å²) in [6.07, 6.45) is -8.75. The van der Waals surface area contributed by atoms with E-state index in [1.165, 1.54) is 11.1 Å². The topological polar surface area (TPSA) is 44.8 Å². The van der Waals surface area contributed by atoms with Crippen molar-refractivity contribution < 1.29 is 35.9 Å². The summed E-state index contributed by atoms with van der Waals surface area (Å²) in [5.74, 6) is -0.0383. The van der Waals surface area contributed by atoms with Gasteiger partial charge in [-0.1, -0.05) is 42.5 Å². The number of ether oxygens (including phenoxy) is 1. The molecule has 0 bridgehead atoms. The van der Waals surface area contributed by atoms with Crippen molar-refractivity contribution in [3.8, 4) is 5.75 Å². The minimum atomic E-state index is -4.98. The number of nitrogens with zero attached hydrogens (tertiary/aromatic N) is 2. The Morgan fingerprint density at radius 3 is 2.00 bits per heavy atom. The Balaban J connectivity index is 1.28. The number of hydrogen-bond donors (Lipinski definition) is 1. The van der Waals surface area contributed by atoms with Gasteiger partial charge in [-0.15, -0.1) is 0 Å². The second-order valence-electron chi connectivity index (χ2n) is 11.1. The van der Waals surface area contributed by atoms with Gasteiger partial charge in [0.2, 0.25) is 5.91 Å². The van der Waals surface area contributed by atoms with Gasteiger partial charge in [-0.2, -0.15) is 26.3 Å². The number of rotatable bonds is 8. The van der Waals surface area contributed by atoms with E-state index in [1.807, 2.05) is 24.3 Å². The van der Waals surface area contributed by atoms with Gasteiger partial charge in [-0.05, 0) is 53.8 Å². The third-order valence-electron chi connectivity index (χ3n) is 8.32. The maximum absolute atomic E-state index is 13.3. The van der Waals surface area contributed by atoms with Crippen LogP contribution in [0.5, 0.6) is 5.75 Å². The molecule has 1 unspecified atom stereocenters. The molecule has 43 heavy (non-hydrogen) atoms. The SMILES string of the molecule is COc1ccccc1C(CNC(=O)Cc1cc(C(F)(F)F)cc(C(F)(F)F)c1)N1CCC(N2Cc3ccccc3C2)CC1. The normalized spacial score (nSPS) is 17.5. The molecular formula is C32H33F6N3O2. The average Bonchev–Trinajstić information content (AvgIpc) is 3.41. The summed E-state index contributed by atoms with van der Waals surface area (Å²) < 4.78 is 85.4. The minimum absolute atomic E-state index is 0.0591. The minimum Gasteiger partial charge on any atom is -0.496 e. The van der Waals surface area contributed by atoms with Gasteiger partial charge in [0.15, 0.2) is 0 Å². The van der Waals surface area contributed by atoms with E-state index in [9.17, 15) is 31.1 Å². The van der Waals surface area contributed by atoms with E-state index in [1.54, 1.807) is 7.11 Å². The van der Waals surface area contributed by atoms with Crippen molar-refractivity contribution in [1.29, 1.82) is 0 Å². The molecular weight excluding hydrogens is 572 g/mol. The number of benzene rings is 3. The van der Waals surface area contributed by atoms with Crippen molar-refractivity contribution >= 4 is 5.91 Å². The lowest BCUT2D eigenvalue weighted by Crippen LogP contribution is -2.47. The summed E-state index contributed by atoms with van der Waals surface area (Å²) in [6, 6.07) is 17.2. The number of para-hydroxylation sites is 1. The largest absolute Gasteiger partial charge is 0.496 e. The number of piperidine rings is 1. The molecule has 1 saturated heterocycles. The van der Waals surface area contributed by atoms with Gasteiger partial charge in [0.05, 0.1) is 30.7 Å². The molecule has 5 nitrogen and oxygen atoms in total. The van der Waals surface area contributed by atoms with Crippen molar-refractivity contribution in [2.75, 3.05) is 26.7 Å². The lowest BCUT2D eigenvalue weighted by atomic mass is 9.97. The lowest BCUT2D eigenvalue weighted by Gasteiger charge is -2.41. The van der Waals surface area contributed by atoms with E-state index in [2.05, 4.69) is 39.4 Å². The Morgan fingerprint density at radius 2 is 1.44 bits per heavy atom. The van der Waals surface area contributed by atoms with Gasteiger partial charge in [-0.3, -0.25) is 14.6 Å². The number of carbonyl (C=O) groups is 1. The molecule has 0 radical (unpaired) electrons. The summed E-state index contributed by atoms with van der Waals surface area (Å²) in [5, 5.41) is 2.76. The highest BCUT2D eigenvalue weighted by molar-refractivity contribution is 5.78. The van der Waals surface area contributed by atoms with E-state index in [4.69, 9.17) is 4.74 Å². The first-order chi connectivity index (χ1) is 20.4. The van der Waals surface area contributed by atoms with Gasteiger partial charge >= 0.3 is 12.4 Å². The lowest BCUT2D eigenvalue weighted by molar-refractivity contribution is -0.143. The fourth-order valence-corrected chi connectivity index (χ4v) is 6.14. The number of alkyl halides is 6. The van der Waals surface area contributed by atoms with Crippen molar-refractivity contribution in [3.63, 3.8) is 0 Å². The molecule has 2 aliphatic rings. The fraction of sp³-hybridized carbons (Fsp3) is 0.406. The second-order valence-corrected chi connectivity index (χ2v) is 11.1. The quantitative estimate of drug-likeness (QED) is 0.294. The van der Waals surface area contributed by atoms with Gasteiger partial charge < -0.3 is 10.1 Å². The number of hydrogen-bond acceptors (Lipinski definition) is 4. The third kappa shape index (κ3) is 7.33. The van der Waals surface area contributed by atoms with Crippen LogP contribution in [0.4, 0.5) is 26.3 Å². The van der Waals surface area contributed by atoms with Crippen LogP contribution in [0.3, 0.4) is 0 Å². The summed E-state index contributed by atoms with van der Waals surface area (Å²) in [7, 11) is 1.55. The monoisotopic (exact) mass is 605 g/mol. The standard InChI is InChI=1S/C32H33F6N3O2/c1-43-29-9-5-4-8-27(29)28(40-12-10-26(11-13-40)41-19-22-6-2-3-7-23(22)20-41)18-39-30(42)16-21-14-24(31(33,34)35)17-25(15-21)32(36,37)38/h2-9,14-15,17,26,28H,10-13,16,18-20H2,1H3,(H,39,42). The van der Waals surface area contributed by atoms with E-state index >= 15 is 0 Å². The van der Waals surface area contributed by atoms with Crippen LogP contribution < -0.4 is 10.1 Å². The van der Waals surface area contributed by atoms with Gasteiger partial charge in [-0.25, -0.2) is 0 Å². The number of methoxy groups -OCH3 is 1. The van der Waals surface area contributed by atoms with Crippen LogP contribution in [0.1, 0.15) is 52.3 Å². The highest BCUT2D eigenvalue weighted by Gasteiger charge is 2.37. The molecule has 2 heterocycles. The number of amides is 1. The Morgan fingerprint density at radius 1 is 0.884 bits per heavy atom. The van der Waals surface area contributed by atoms with Gasteiger partial charge in [0.1, 0.15) is 5.75 Å². The number of nitrogens with one attached hydrogen (secondary N) is 1. The number of carbonyl (C=O) groups excluding carboxylic acids is 1. The van der Waals surface area contributed by atoms with Crippen LogP contribution in [-0.4, -0.2) is 48.5 Å². The predicted octanol–water partition coefficient (Wildman–Crippen LogP) is 6.61. The first-order valence-corrected chi connectivity index (χ1v) is 14.1. The molecule has 0 saturated carbocycles. The van der Waals surface area contributed by atoms with E-state index in [0.29, 0.717) is 23.9 Å². The van der Waals surface area contributed by atoms with Crippen molar-refractivity contribution in [3.05, 3.63) is 100 Å². The smallest absolute Gasteiger partial charge is 0.416 e. The molecule has 0 aliphatic carbocycles. The number of likely N-dealkylation sites (tertiary alicyclic amines) is 1. The summed E-state index contributed by atoms with van der Waals surface area (Å²) >= 11 is 0. The predicted molar refractivity (Wildman–Crippen MR) is 149 cm³/mol. The van der Waals surface area contributed by atoms with Crippen LogP contribution in [0.15, 0.2) is 66.7 Å². The third-order valence-corrected chi connectivity index (χ3v) is 8.32. The molecule has 0 aromatic heterocycles. The van der Waals surface area contributed by atoms with Gasteiger partial charge in [0.25, 0.3) is 0 Å². The first-order valence-electron chi connectivity index (χ1n) is 14.1. The highest BCUT2D eigenvalue weighted by atomic mass is 19.4. The van der Waals surface area contributed by atoms with E-state index < -0.39 is 35.8 Å². The molecule has 3 aromatic rings. The number of fused-ring (bicyclic) bond motifs is 1. The Labute approximate surface area is 246 Å². The van der Waals surface area contributed by atoms with Gasteiger partial charge in [0, 0.05) is 44.3 Å². The second kappa shape index (κ2) is 12.6. The maximum atomic E-state index is 13.3. The summed E-state index contributed by atoms with van der Waals surface area (Å²) in [5.41, 5.74) is 0.295. The molecule has 1 atom stereocenters. The molecule has 11 heteroatoms. The highest BCUT2D eigenvalue weighted by Crippen LogP contribution is 2.37. The zero-order valence-electron chi connectivity index (χ0n) is 23.6. The van der Waals surface area contributed by atoms with Crippen molar-refractivity contribution in [1.82, 2.24) is 15.1 Å². The Hall–Kier alpha value is -3.57. The zero-order chi connectivity index (χ0) is 30.8. The fourth-order valence-electron chi connectivity index (χ4n) is 6.14. The molecule has 230 valence electrons. The molecule has 1 N–H and O–H groups in total. The zero-order valence-corrected chi connectivity index (χ0v) is 23.6. The van der Waals surface area contributed by atoms with Crippen molar-refractivity contribution in [2.24, 2.45) is 0 Å². The molecule has 1 fully saturated rings. The Bertz CT molecular complexity index is 1380. The van der Waals surface area contributed by atoms with Crippen LogP contribution in [0.2, 0.25) is 0 Å². The maximum Gasteiger partial charge on any atom is 0.416 e. The number of halogens is 6. The summed E-state index contributed by atoms with van der Waals surface area (Å²) in [6.45, 7) is 3.44. The average molecular weight is 606 g/mol. The van der Waals surface area contributed by atoms with Crippen LogP contribution in [0, 0.1) is 0 Å². The molecule has 5 rings (SSSR count). The van der Waals surface area contributed by atoms with Crippen LogP contribution in [-0.2, 0) is 36.7 Å². The van der Waals surface area contributed by atoms with Crippen LogP contribution >= 0.6 is 0 Å². The first kappa shape index (κ1) is 30.9.